The smallest absolute Gasteiger partial charge is 0.161 e. The van der Waals surface area contributed by atoms with E-state index in [1.165, 1.54) is 22.9 Å². The van der Waals surface area contributed by atoms with Gasteiger partial charge in [-0.3, -0.25) is 0 Å². The van der Waals surface area contributed by atoms with Crippen LogP contribution in [0.15, 0.2) is 6.20 Å². The molecule has 74 valence electrons. The number of nitrogens with two attached hydrogens (primary N) is 1. The van der Waals surface area contributed by atoms with Crippen LogP contribution in [0.5, 0.6) is 0 Å². The highest BCUT2D eigenvalue weighted by molar-refractivity contribution is 7.19. The summed E-state index contributed by atoms with van der Waals surface area (Å²) in [5.41, 5.74) is 5.84. The van der Waals surface area contributed by atoms with E-state index < -0.39 is 0 Å². The molecule has 2 aromatic rings. The van der Waals surface area contributed by atoms with Crippen molar-refractivity contribution in [3.63, 3.8) is 0 Å². The number of hydrogen-bond donors (Lipinski definition) is 1. The van der Waals surface area contributed by atoms with Crippen molar-refractivity contribution in [1.29, 1.82) is 0 Å². The summed E-state index contributed by atoms with van der Waals surface area (Å²) in [5, 5.41) is 13.6. The van der Waals surface area contributed by atoms with Crippen LogP contribution in [0.25, 0.3) is 9.88 Å². The van der Waals surface area contributed by atoms with E-state index in [9.17, 15) is 0 Å². The summed E-state index contributed by atoms with van der Waals surface area (Å²) in [5.74, 6) is 0. The van der Waals surface area contributed by atoms with Gasteiger partial charge in [0.25, 0.3) is 0 Å². The number of aromatic nitrogens is 4. The number of rotatable bonds is 3. The molecular weight excluding hydrogens is 218 g/mol. The lowest BCUT2D eigenvalue weighted by Gasteiger charge is -2.00. The summed E-state index contributed by atoms with van der Waals surface area (Å²) in [6, 6.07) is -0.0119. The van der Waals surface area contributed by atoms with Gasteiger partial charge in [0.15, 0.2) is 5.01 Å². The molecule has 14 heavy (non-hydrogen) atoms. The second-order valence-electron chi connectivity index (χ2n) is 2.74. The number of nitrogens with zero attached hydrogens (tertiary/aromatic N) is 4. The maximum atomic E-state index is 5.84. The van der Waals surface area contributed by atoms with Crippen LogP contribution >= 0.6 is 22.9 Å². The molecule has 0 amide bonds. The fourth-order valence-corrected chi connectivity index (χ4v) is 2.38. The van der Waals surface area contributed by atoms with Gasteiger partial charge in [-0.2, -0.15) is 0 Å². The highest BCUT2D eigenvalue weighted by Gasteiger charge is 2.12. The minimum Gasteiger partial charge on any atom is -0.322 e. The molecule has 2 heterocycles. The Morgan fingerprint density at radius 1 is 1.50 bits per heavy atom. The fraction of sp³-hybridized carbons (Fsp3) is 0.429. The van der Waals surface area contributed by atoms with Crippen LogP contribution in [-0.2, 0) is 0 Å². The maximum Gasteiger partial charge on any atom is 0.161 e. The first kappa shape index (κ1) is 9.63. The molecule has 0 bridgehead atoms. The van der Waals surface area contributed by atoms with Crippen LogP contribution in [0.4, 0.5) is 0 Å². The third-order valence-corrected chi connectivity index (χ3v) is 3.66. The quantitative estimate of drug-likeness (QED) is 0.859. The molecule has 2 aromatic heterocycles. The monoisotopic (exact) mass is 227 g/mol. The fourth-order valence-electron chi connectivity index (χ4n) is 0.920. The number of hydrogen-bond acceptors (Lipinski definition) is 7. The van der Waals surface area contributed by atoms with Crippen molar-refractivity contribution in [2.45, 2.75) is 19.4 Å². The van der Waals surface area contributed by atoms with Crippen LogP contribution in [0.2, 0.25) is 0 Å². The van der Waals surface area contributed by atoms with Gasteiger partial charge in [0.2, 0.25) is 0 Å². The van der Waals surface area contributed by atoms with Crippen molar-refractivity contribution < 1.29 is 0 Å². The standard InChI is InChI=1S/C7H9N5S2/c1-2-4(8)6-10-11-7(13-6)5-3-9-12-14-5/h3-4H,2,8H2,1H3. The molecule has 0 saturated carbocycles. The normalized spacial score (nSPS) is 13.0. The van der Waals surface area contributed by atoms with E-state index in [2.05, 4.69) is 19.8 Å². The van der Waals surface area contributed by atoms with Crippen LogP contribution in [0, 0.1) is 0 Å². The first-order valence-corrected chi connectivity index (χ1v) is 5.77. The Kier molecular flexibility index (Phi) is 2.80. The SMILES string of the molecule is CCC(N)c1nnc(-c2cnns2)s1. The second kappa shape index (κ2) is 4.07. The van der Waals surface area contributed by atoms with Crippen molar-refractivity contribution in [2.24, 2.45) is 5.73 Å². The van der Waals surface area contributed by atoms with Crippen molar-refractivity contribution in [2.75, 3.05) is 0 Å². The Morgan fingerprint density at radius 3 is 3.00 bits per heavy atom. The topological polar surface area (TPSA) is 77.6 Å². The van der Waals surface area contributed by atoms with E-state index in [1.807, 2.05) is 6.92 Å². The third kappa shape index (κ3) is 1.79. The Hall–Kier alpha value is -0.920. The lowest BCUT2D eigenvalue weighted by Crippen LogP contribution is -2.07. The Labute approximate surface area is 89.2 Å². The molecule has 5 nitrogen and oxygen atoms in total. The van der Waals surface area contributed by atoms with Gasteiger partial charge in [-0.25, -0.2) is 0 Å². The molecule has 7 heteroatoms. The van der Waals surface area contributed by atoms with E-state index in [4.69, 9.17) is 5.73 Å². The molecule has 2 N–H and O–H groups in total. The highest BCUT2D eigenvalue weighted by atomic mass is 32.1. The van der Waals surface area contributed by atoms with Gasteiger partial charge in [-0.05, 0) is 18.0 Å². The Morgan fingerprint density at radius 2 is 2.36 bits per heavy atom. The zero-order valence-electron chi connectivity index (χ0n) is 7.54. The Balaban J connectivity index is 2.26. The first-order chi connectivity index (χ1) is 6.81. The zero-order chi connectivity index (χ0) is 9.97. The molecule has 0 spiro atoms. The van der Waals surface area contributed by atoms with Crippen molar-refractivity contribution in [1.82, 2.24) is 19.8 Å². The van der Waals surface area contributed by atoms with Crippen LogP contribution in [0.1, 0.15) is 24.4 Å². The van der Waals surface area contributed by atoms with Gasteiger partial charge in [-0.15, -0.1) is 15.3 Å². The van der Waals surface area contributed by atoms with E-state index >= 15 is 0 Å². The average Bonchev–Trinajstić information content (AvgIpc) is 2.86. The zero-order valence-corrected chi connectivity index (χ0v) is 9.18. The summed E-state index contributed by atoms with van der Waals surface area (Å²) >= 11 is 2.82. The summed E-state index contributed by atoms with van der Waals surface area (Å²) in [6.45, 7) is 2.03. The van der Waals surface area contributed by atoms with Crippen LogP contribution in [0.3, 0.4) is 0 Å². The predicted octanol–water partition coefficient (Wildman–Crippen LogP) is 1.47. The van der Waals surface area contributed by atoms with Crippen LogP contribution in [-0.4, -0.2) is 19.8 Å². The van der Waals surface area contributed by atoms with E-state index in [0.717, 1.165) is 21.3 Å². The lowest BCUT2D eigenvalue weighted by molar-refractivity contribution is 0.683. The molecule has 0 fully saturated rings. The molecule has 0 aliphatic carbocycles. The maximum absolute atomic E-state index is 5.84. The van der Waals surface area contributed by atoms with Crippen molar-refractivity contribution in [3.8, 4) is 9.88 Å². The first-order valence-electron chi connectivity index (χ1n) is 4.18. The van der Waals surface area contributed by atoms with Gasteiger partial charge >= 0.3 is 0 Å². The summed E-state index contributed by atoms with van der Waals surface area (Å²) in [6.07, 6.45) is 2.56. The van der Waals surface area contributed by atoms with Crippen molar-refractivity contribution >= 4 is 22.9 Å². The molecule has 0 saturated heterocycles. The minimum atomic E-state index is -0.0119. The van der Waals surface area contributed by atoms with Gasteiger partial charge in [-0.1, -0.05) is 22.7 Å². The molecule has 1 unspecified atom stereocenters. The average molecular weight is 227 g/mol. The van der Waals surface area contributed by atoms with Gasteiger partial charge in [0.05, 0.1) is 12.2 Å². The van der Waals surface area contributed by atoms with Crippen molar-refractivity contribution in [3.05, 3.63) is 11.2 Å². The largest absolute Gasteiger partial charge is 0.322 e. The minimum absolute atomic E-state index is 0.0119. The van der Waals surface area contributed by atoms with E-state index in [1.54, 1.807) is 6.20 Å². The molecule has 0 aliphatic rings. The molecule has 1 atom stereocenters. The van der Waals surface area contributed by atoms with Gasteiger partial charge < -0.3 is 5.73 Å². The summed E-state index contributed by atoms with van der Waals surface area (Å²) in [4.78, 5) is 0.942. The molecule has 0 aliphatic heterocycles. The Bertz CT molecular complexity index is 396. The van der Waals surface area contributed by atoms with Gasteiger partial charge in [0.1, 0.15) is 9.88 Å². The third-order valence-electron chi connectivity index (χ3n) is 1.77. The second-order valence-corrected chi connectivity index (χ2v) is 4.54. The summed E-state index contributed by atoms with van der Waals surface area (Å²) in [7, 11) is 0. The van der Waals surface area contributed by atoms with Crippen LogP contribution < -0.4 is 5.73 Å². The van der Waals surface area contributed by atoms with E-state index in [-0.39, 0.29) is 6.04 Å². The molecule has 2 rings (SSSR count). The molecule has 0 radical (unpaired) electrons. The summed E-state index contributed by atoms with van der Waals surface area (Å²) < 4.78 is 3.77. The highest BCUT2D eigenvalue weighted by Crippen LogP contribution is 2.28. The lowest BCUT2D eigenvalue weighted by atomic mass is 10.3. The molecular formula is C7H9N5S2. The predicted molar refractivity (Wildman–Crippen MR) is 56.0 cm³/mol. The van der Waals surface area contributed by atoms with E-state index in [0.29, 0.717) is 0 Å². The molecule has 0 aromatic carbocycles. The van der Waals surface area contributed by atoms with Gasteiger partial charge in [0, 0.05) is 0 Å².